The van der Waals surface area contributed by atoms with Crippen molar-refractivity contribution >= 4 is 17.9 Å². The topological polar surface area (TPSA) is 78.9 Å². The molecule has 0 amide bonds. The maximum atomic E-state index is 12.9. The molecule has 0 N–H and O–H groups in total. The Kier molecular flexibility index (Phi) is 57.0. The summed E-state index contributed by atoms with van der Waals surface area (Å²) in [5.74, 6) is -1.01. The van der Waals surface area contributed by atoms with Crippen molar-refractivity contribution in [1.82, 2.24) is 0 Å². The largest absolute Gasteiger partial charge is 0.462 e. The molecule has 0 bridgehead atoms. The number of unbranched alkanes of at least 4 members (excludes halogenated alkanes) is 17. The van der Waals surface area contributed by atoms with Gasteiger partial charge in [-0.1, -0.05) is 237 Å². The smallest absolute Gasteiger partial charge is 0.306 e. The van der Waals surface area contributed by atoms with Crippen molar-refractivity contribution in [2.45, 2.75) is 252 Å². The zero-order valence-corrected chi connectivity index (χ0v) is 47.5. The summed E-state index contributed by atoms with van der Waals surface area (Å²) in [4.78, 5) is 38.2. The molecule has 0 saturated heterocycles. The summed E-state index contributed by atoms with van der Waals surface area (Å²) in [6.07, 6.45) is 87.0. The van der Waals surface area contributed by atoms with Gasteiger partial charge in [0.15, 0.2) is 6.10 Å². The van der Waals surface area contributed by atoms with Gasteiger partial charge in [0.1, 0.15) is 13.2 Å². The van der Waals surface area contributed by atoms with Crippen LogP contribution in [-0.2, 0) is 28.6 Å². The number of allylic oxidation sites excluding steroid dienone is 24. The number of ether oxygens (including phenoxy) is 3. The lowest BCUT2D eigenvalue weighted by molar-refractivity contribution is -0.167. The minimum atomic E-state index is -0.825. The first kappa shape index (κ1) is 69.3. The van der Waals surface area contributed by atoms with Crippen molar-refractivity contribution in [1.29, 1.82) is 0 Å². The summed E-state index contributed by atoms with van der Waals surface area (Å²) in [5.41, 5.74) is 0. The second-order valence-corrected chi connectivity index (χ2v) is 19.1. The molecule has 0 rings (SSSR count). The highest BCUT2D eigenvalue weighted by Gasteiger charge is 2.19. The lowest BCUT2D eigenvalue weighted by Crippen LogP contribution is -2.30. The fourth-order valence-corrected chi connectivity index (χ4v) is 7.65. The van der Waals surface area contributed by atoms with Crippen molar-refractivity contribution in [2.75, 3.05) is 13.2 Å². The number of esters is 3. The van der Waals surface area contributed by atoms with E-state index in [9.17, 15) is 14.4 Å². The van der Waals surface area contributed by atoms with Gasteiger partial charge in [-0.3, -0.25) is 14.4 Å². The predicted octanol–water partition coefficient (Wildman–Crippen LogP) is 20.4. The Morgan fingerprint density at radius 2 is 0.541 bits per heavy atom. The molecule has 0 aliphatic carbocycles. The molecule has 0 aliphatic heterocycles. The maximum Gasteiger partial charge on any atom is 0.306 e. The van der Waals surface area contributed by atoms with Gasteiger partial charge < -0.3 is 14.2 Å². The molecule has 0 aromatic carbocycles. The average molecular weight is 1020 g/mol. The Morgan fingerprint density at radius 3 is 0.892 bits per heavy atom. The zero-order valence-electron chi connectivity index (χ0n) is 47.5. The van der Waals surface area contributed by atoms with Gasteiger partial charge >= 0.3 is 17.9 Å². The third kappa shape index (κ3) is 58.2. The van der Waals surface area contributed by atoms with E-state index in [-0.39, 0.29) is 44.0 Å². The zero-order chi connectivity index (χ0) is 53.6. The van der Waals surface area contributed by atoms with Crippen molar-refractivity contribution in [3.05, 3.63) is 146 Å². The molecule has 1 atom stereocenters. The first-order valence-corrected chi connectivity index (χ1v) is 29.8. The van der Waals surface area contributed by atoms with Gasteiger partial charge in [-0.15, -0.1) is 0 Å². The normalized spacial score (nSPS) is 13.2. The van der Waals surface area contributed by atoms with E-state index in [1.165, 1.54) is 57.8 Å². The Hall–Kier alpha value is -4.71. The van der Waals surface area contributed by atoms with E-state index in [4.69, 9.17) is 14.2 Å². The highest BCUT2D eigenvalue weighted by molar-refractivity contribution is 5.71. The van der Waals surface area contributed by atoms with Gasteiger partial charge in [0.05, 0.1) is 0 Å². The molecule has 1 unspecified atom stereocenters. The lowest BCUT2D eigenvalue weighted by Gasteiger charge is -2.18. The van der Waals surface area contributed by atoms with E-state index in [0.717, 1.165) is 141 Å². The highest BCUT2D eigenvalue weighted by atomic mass is 16.6. The van der Waals surface area contributed by atoms with E-state index >= 15 is 0 Å². The van der Waals surface area contributed by atoms with Crippen LogP contribution < -0.4 is 0 Å². The summed E-state index contributed by atoms with van der Waals surface area (Å²) in [7, 11) is 0. The second kappa shape index (κ2) is 60.8. The molecule has 0 saturated carbocycles. The number of carbonyl (C=O) groups is 3. The molecule has 0 heterocycles. The Bertz CT molecular complexity index is 1640. The van der Waals surface area contributed by atoms with Crippen molar-refractivity contribution in [3.8, 4) is 0 Å². The summed E-state index contributed by atoms with van der Waals surface area (Å²) < 4.78 is 16.8. The molecule has 0 aliphatic rings. The van der Waals surface area contributed by atoms with Crippen molar-refractivity contribution in [3.63, 3.8) is 0 Å². The van der Waals surface area contributed by atoms with Gasteiger partial charge in [0.2, 0.25) is 0 Å². The van der Waals surface area contributed by atoms with Crippen molar-refractivity contribution < 1.29 is 28.6 Å². The molecule has 0 aromatic rings. The monoisotopic (exact) mass is 1020 g/mol. The fraction of sp³-hybridized carbons (Fsp3) is 0.603. The van der Waals surface area contributed by atoms with E-state index in [1.807, 2.05) is 0 Å². The fourth-order valence-electron chi connectivity index (χ4n) is 7.65. The summed E-state index contributed by atoms with van der Waals surface area (Å²) in [6.45, 7) is 6.33. The van der Waals surface area contributed by atoms with Crippen LogP contribution in [0.15, 0.2) is 146 Å². The predicted molar refractivity (Wildman–Crippen MR) is 320 cm³/mol. The number of hydrogen-bond acceptors (Lipinski definition) is 6. The molecule has 6 heteroatoms. The summed E-state index contributed by atoms with van der Waals surface area (Å²) in [5, 5.41) is 0. The third-order valence-electron chi connectivity index (χ3n) is 12.1. The lowest BCUT2D eigenvalue weighted by atomic mass is 10.1. The van der Waals surface area contributed by atoms with E-state index in [2.05, 4.69) is 167 Å². The van der Waals surface area contributed by atoms with Crippen LogP contribution in [0.2, 0.25) is 0 Å². The van der Waals surface area contributed by atoms with Gasteiger partial charge in [-0.25, -0.2) is 0 Å². The molecule has 0 fully saturated rings. The molecule has 74 heavy (non-hydrogen) atoms. The quantitative estimate of drug-likeness (QED) is 0.0261. The van der Waals surface area contributed by atoms with Crippen LogP contribution in [0.1, 0.15) is 245 Å². The van der Waals surface area contributed by atoms with E-state index in [1.54, 1.807) is 0 Å². The standard InChI is InChI=1S/C68H108O6/c1-4-7-10-13-16-19-22-25-28-31-32-33-34-35-36-38-40-43-46-49-52-55-58-61-67(70)73-64-65(63-72-66(69)60-57-54-51-48-45-42-39-30-27-24-21-18-15-12-9-6-3)74-68(71)62-59-56-53-50-47-44-41-37-29-26-23-20-17-14-11-8-5-2/h7-8,10-11,16-17,19-20,25-26,28-30,32-33,35-36,39-41,43-44,49,52,65H,4-6,9,12-15,18,21-24,27,31,34,37-38,42,45-48,50-51,53-64H2,1-3H3/b10-7-,11-8-,19-16-,20-17-,28-25-,29-26-,33-32-,36-35-,39-30-,43-40-,44-41-,52-49-. The van der Waals surface area contributed by atoms with Crippen molar-refractivity contribution in [2.24, 2.45) is 0 Å². The van der Waals surface area contributed by atoms with Gasteiger partial charge in [-0.05, 0) is 135 Å². The van der Waals surface area contributed by atoms with Crippen LogP contribution in [0.25, 0.3) is 0 Å². The average Bonchev–Trinajstić information content (AvgIpc) is 3.40. The Balaban J connectivity index is 4.56. The molecule has 416 valence electrons. The minimum Gasteiger partial charge on any atom is -0.462 e. The molecular formula is C68H108O6. The maximum absolute atomic E-state index is 12.9. The van der Waals surface area contributed by atoms with Crippen LogP contribution in [0.4, 0.5) is 0 Å². The summed E-state index contributed by atoms with van der Waals surface area (Å²) >= 11 is 0. The second-order valence-electron chi connectivity index (χ2n) is 19.1. The first-order valence-electron chi connectivity index (χ1n) is 29.8. The van der Waals surface area contributed by atoms with Crippen LogP contribution in [0.3, 0.4) is 0 Å². The van der Waals surface area contributed by atoms with Gasteiger partial charge in [0, 0.05) is 19.3 Å². The van der Waals surface area contributed by atoms with Gasteiger partial charge in [0.25, 0.3) is 0 Å². The van der Waals surface area contributed by atoms with E-state index < -0.39 is 6.10 Å². The van der Waals surface area contributed by atoms with Gasteiger partial charge in [-0.2, -0.15) is 0 Å². The van der Waals surface area contributed by atoms with Crippen LogP contribution in [0, 0.1) is 0 Å². The number of rotatable bonds is 52. The molecular weight excluding hydrogens is 913 g/mol. The molecule has 0 radical (unpaired) electrons. The van der Waals surface area contributed by atoms with Crippen LogP contribution in [-0.4, -0.2) is 37.2 Å². The Morgan fingerprint density at radius 1 is 0.284 bits per heavy atom. The van der Waals surface area contributed by atoms with Crippen LogP contribution in [0.5, 0.6) is 0 Å². The SMILES string of the molecule is CC/C=C\C/C=C\C/C=C\C/C=C\C/C=C\C/C=C\C/C=C\CCCC(=O)OCC(COC(=O)CCCCCCC/C=C\CCCCCCCCC)OC(=O)CCCCCC/C=C\C/C=C\C/C=C\C/C=C\CC. The summed E-state index contributed by atoms with van der Waals surface area (Å²) in [6, 6.07) is 0. The number of carbonyl (C=O) groups excluding carboxylic acids is 3. The molecule has 0 aromatic heterocycles. The third-order valence-corrected chi connectivity index (χ3v) is 12.1. The Labute approximate surface area is 455 Å². The molecule has 6 nitrogen and oxygen atoms in total. The number of hydrogen-bond donors (Lipinski definition) is 0. The molecule has 0 spiro atoms. The van der Waals surface area contributed by atoms with Crippen LogP contribution >= 0.6 is 0 Å². The highest BCUT2D eigenvalue weighted by Crippen LogP contribution is 2.13. The minimum absolute atomic E-state index is 0.116. The van der Waals surface area contributed by atoms with E-state index in [0.29, 0.717) is 12.8 Å². The first-order chi connectivity index (χ1) is 36.5.